The lowest BCUT2D eigenvalue weighted by Crippen LogP contribution is -2.39. The molecule has 3 atom stereocenters. The number of hydrogen-bond donors (Lipinski definition) is 1. The number of carbonyl (C=O) groups is 4. The molecule has 3 aromatic carbocycles. The Morgan fingerprint density at radius 3 is 1.84 bits per heavy atom. The molecule has 1 N–H and O–H groups in total. The first-order valence-electron chi connectivity index (χ1n) is 25.2. The van der Waals surface area contributed by atoms with Crippen molar-refractivity contribution in [3.05, 3.63) is 107 Å². The molecule has 0 bridgehead atoms. The molecule has 4 rings (SSSR count). The summed E-state index contributed by atoms with van der Waals surface area (Å²) in [5, 5.41) is 2.61. The van der Waals surface area contributed by atoms with E-state index in [0.717, 1.165) is 53.9 Å². The van der Waals surface area contributed by atoms with Crippen molar-refractivity contribution in [2.24, 2.45) is 0 Å². The molecule has 0 spiro atoms. The molecule has 0 aromatic heterocycles. The summed E-state index contributed by atoms with van der Waals surface area (Å²) < 4.78 is 38.9. The second-order valence-corrected chi connectivity index (χ2v) is 19.8. The van der Waals surface area contributed by atoms with Crippen LogP contribution >= 0.6 is 8.53 Å². The summed E-state index contributed by atoms with van der Waals surface area (Å²) in [5.41, 5.74) is 1.96. The normalized spacial score (nSPS) is 15.2. The molecular weight excluding hydrogens is 908 g/mol. The Bertz CT molecular complexity index is 1990. The number of carbonyl (C=O) groups excluding carboxylic acids is 4. The molecule has 1 aliphatic rings. The van der Waals surface area contributed by atoms with Gasteiger partial charge in [0.1, 0.15) is 36.1 Å². The Morgan fingerprint density at radius 2 is 1.27 bits per heavy atom. The third kappa shape index (κ3) is 18.4. The van der Waals surface area contributed by atoms with Gasteiger partial charge in [0.2, 0.25) is 18.4 Å². The maximum absolute atomic E-state index is 13.9. The van der Waals surface area contributed by atoms with E-state index in [4.69, 9.17) is 34.6 Å². The molecule has 14 nitrogen and oxygen atoms in total. The van der Waals surface area contributed by atoms with Crippen LogP contribution in [0.25, 0.3) is 4.85 Å². The minimum Gasteiger partial charge on any atom is -0.497 e. The van der Waals surface area contributed by atoms with Gasteiger partial charge in [-0.25, -0.2) is 11.2 Å². The van der Waals surface area contributed by atoms with Gasteiger partial charge >= 0.3 is 5.97 Å². The largest absolute Gasteiger partial charge is 0.497 e. The molecule has 0 radical (unpaired) electrons. The Hall–Kier alpha value is -4.90. The molecule has 70 heavy (non-hydrogen) atoms. The molecular formula is C55H79N4O10P. The Labute approximate surface area is 419 Å². The highest BCUT2D eigenvalue weighted by Crippen LogP contribution is 2.48. The number of amides is 2. The second kappa shape index (κ2) is 31.4. The minimum absolute atomic E-state index is 0.00774. The third-order valence-electron chi connectivity index (χ3n) is 12.5. The molecule has 1 aliphatic heterocycles. The lowest BCUT2D eigenvalue weighted by atomic mass is 9.80. The quantitative estimate of drug-likeness (QED) is 0.0201. The molecule has 2 amide bonds. The van der Waals surface area contributed by atoms with Gasteiger partial charge in [0.25, 0.3) is 8.53 Å². The summed E-state index contributed by atoms with van der Waals surface area (Å²) in [5.74, 6) is 1.37. The predicted octanol–water partition coefficient (Wildman–Crippen LogP) is 10.6. The van der Waals surface area contributed by atoms with Gasteiger partial charge in [0.15, 0.2) is 0 Å². The average Bonchev–Trinajstić information content (AvgIpc) is 3.78. The average molecular weight is 987 g/mol. The number of hydrogen-bond acceptors (Lipinski definition) is 11. The van der Waals surface area contributed by atoms with Crippen molar-refractivity contribution in [2.75, 3.05) is 54.2 Å². The van der Waals surface area contributed by atoms with Crippen LogP contribution in [0, 0.1) is 6.57 Å². The highest BCUT2D eigenvalue weighted by molar-refractivity contribution is 7.44. The number of likely N-dealkylation sites (tertiary alicyclic amines) is 1. The monoisotopic (exact) mass is 987 g/mol. The highest BCUT2D eigenvalue weighted by Gasteiger charge is 2.40. The number of rotatable bonds is 34. The standard InChI is InChI=1S/C55H79N4O10P/c1-42(2)59(43(3)4)70(68-38-36-56-5)69-51-39-47(58(40-51)53(62)26-16-10-9-15-23-48(60)24-18-19-25-52(61)57-6)41-66-54(63)27-17-12-20-37-67-55(44-21-13-11-14-22-44,45-28-32-49(64-7)33-29-45)46-30-34-50(65-8)35-31-46/h11,13-14,21-22,28-35,42-43,47,51H,9-10,12,15-20,23-27,36-41H2,1-4,6-8H3,(H,57,61)/t47-,51+,70?/m0/s1. The number of nitrogens with zero attached hydrogens (tertiary/aromatic N) is 3. The zero-order valence-electron chi connectivity index (χ0n) is 42.8. The van der Waals surface area contributed by atoms with Gasteiger partial charge in [-0.2, -0.15) is 0 Å². The van der Waals surface area contributed by atoms with E-state index in [1.54, 1.807) is 21.3 Å². The maximum Gasteiger partial charge on any atom is 0.305 e. The fourth-order valence-corrected chi connectivity index (χ4v) is 10.6. The summed E-state index contributed by atoms with van der Waals surface area (Å²) in [7, 11) is 3.39. The van der Waals surface area contributed by atoms with E-state index < -0.39 is 14.1 Å². The van der Waals surface area contributed by atoms with Gasteiger partial charge in [-0.3, -0.25) is 19.2 Å². The molecule has 0 aliphatic carbocycles. The number of nitrogens with one attached hydrogen (secondary N) is 1. The van der Waals surface area contributed by atoms with E-state index in [0.29, 0.717) is 77.4 Å². The number of Topliss-reactive ketones (excluding diaryl/α,β-unsaturated/α-hetero) is 1. The van der Waals surface area contributed by atoms with Crippen LogP contribution < -0.4 is 14.8 Å². The number of esters is 1. The van der Waals surface area contributed by atoms with Gasteiger partial charge in [0, 0.05) is 64.4 Å². The number of methoxy groups -OCH3 is 2. The van der Waals surface area contributed by atoms with Crippen LogP contribution in [-0.2, 0) is 43.3 Å². The number of ether oxygens (including phenoxy) is 4. The van der Waals surface area contributed by atoms with E-state index >= 15 is 0 Å². The van der Waals surface area contributed by atoms with Gasteiger partial charge in [-0.05, 0) is 114 Å². The Kier molecular flexibility index (Phi) is 25.9. The van der Waals surface area contributed by atoms with E-state index in [1.165, 1.54) is 0 Å². The smallest absolute Gasteiger partial charge is 0.305 e. The summed E-state index contributed by atoms with van der Waals surface area (Å²) in [6.07, 6.45) is 8.76. The van der Waals surface area contributed by atoms with Gasteiger partial charge in [0.05, 0.1) is 26.4 Å². The molecule has 15 heteroatoms. The fraction of sp³-hybridized carbons (Fsp3) is 0.582. The van der Waals surface area contributed by atoms with Gasteiger partial charge < -0.3 is 43.1 Å². The first-order valence-corrected chi connectivity index (χ1v) is 26.4. The maximum atomic E-state index is 13.9. The lowest BCUT2D eigenvalue weighted by Gasteiger charge is -2.36. The molecule has 384 valence electrons. The van der Waals surface area contributed by atoms with Crippen molar-refractivity contribution in [2.45, 2.75) is 154 Å². The van der Waals surface area contributed by atoms with Crippen LogP contribution in [0.15, 0.2) is 78.9 Å². The summed E-state index contributed by atoms with van der Waals surface area (Å²) in [6, 6.07) is 25.9. The van der Waals surface area contributed by atoms with Gasteiger partial charge in [-0.1, -0.05) is 73.9 Å². The topological polar surface area (TPSA) is 147 Å². The zero-order chi connectivity index (χ0) is 50.7. The first-order chi connectivity index (χ1) is 33.9. The number of ketones is 1. The molecule has 1 saturated heterocycles. The van der Waals surface area contributed by atoms with E-state index in [-0.39, 0.29) is 74.0 Å². The van der Waals surface area contributed by atoms with Crippen LogP contribution in [-0.4, -0.2) is 112 Å². The minimum atomic E-state index is -1.52. The predicted molar refractivity (Wildman–Crippen MR) is 274 cm³/mol. The third-order valence-corrected chi connectivity index (χ3v) is 14.7. The van der Waals surface area contributed by atoms with Crippen molar-refractivity contribution in [1.82, 2.24) is 14.9 Å². The van der Waals surface area contributed by atoms with Crippen LogP contribution in [0.3, 0.4) is 0 Å². The molecule has 3 aromatic rings. The highest BCUT2D eigenvalue weighted by atomic mass is 31.2. The van der Waals surface area contributed by atoms with Crippen molar-refractivity contribution in [3.63, 3.8) is 0 Å². The van der Waals surface area contributed by atoms with Gasteiger partial charge in [-0.15, -0.1) is 0 Å². The zero-order valence-corrected chi connectivity index (χ0v) is 43.7. The fourth-order valence-electron chi connectivity index (χ4n) is 8.89. The number of benzene rings is 3. The van der Waals surface area contributed by atoms with Crippen molar-refractivity contribution >= 4 is 32.1 Å². The Morgan fingerprint density at radius 1 is 0.729 bits per heavy atom. The van der Waals surface area contributed by atoms with E-state index in [9.17, 15) is 19.2 Å². The van der Waals surface area contributed by atoms with Crippen LogP contribution in [0.2, 0.25) is 0 Å². The molecule has 0 saturated carbocycles. The summed E-state index contributed by atoms with van der Waals surface area (Å²) >= 11 is 0. The van der Waals surface area contributed by atoms with E-state index in [2.05, 4.69) is 54.7 Å². The van der Waals surface area contributed by atoms with Crippen LogP contribution in [0.1, 0.15) is 141 Å². The van der Waals surface area contributed by atoms with Crippen molar-refractivity contribution < 1.29 is 47.2 Å². The molecule has 1 heterocycles. The SMILES string of the molecule is [C-]#[N+]CCOP(O[C@@H]1C[C@@H](COC(=O)CCCCCOC(c2ccccc2)(c2ccc(OC)cc2)c2ccc(OC)cc2)N(C(=O)CCCCCCC(=O)CCCCC(=O)NC)C1)N(C(C)C)C(C)C. The van der Waals surface area contributed by atoms with Crippen molar-refractivity contribution in [3.8, 4) is 11.5 Å². The molecule has 1 fully saturated rings. The number of unbranched alkanes of at least 4 members (excludes halogenated alkanes) is 6. The van der Waals surface area contributed by atoms with Crippen molar-refractivity contribution in [1.29, 1.82) is 0 Å². The second-order valence-electron chi connectivity index (χ2n) is 18.4. The summed E-state index contributed by atoms with van der Waals surface area (Å²) in [4.78, 5) is 56.3. The summed E-state index contributed by atoms with van der Waals surface area (Å²) in [6.45, 7) is 16.9. The first kappa shape index (κ1) is 57.7. The lowest BCUT2D eigenvalue weighted by molar-refractivity contribution is -0.147. The van der Waals surface area contributed by atoms with Crippen LogP contribution in [0.5, 0.6) is 11.5 Å². The van der Waals surface area contributed by atoms with Crippen LogP contribution in [0.4, 0.5) is 0 Å². The molecule has 1 unspecified atom stereocenters. The Balaban J connectivity index is 1.34. The van der Waals surface area contributed by atoms with E-state index in [1.807, 2.05) is 71.6 Å².